The lowest BCUT2D eigenvalue weighted by molar-refractivity contribution is 0.481. The lowest BCUT2D eigenvalue weighted by Gasteiger charge is -2.11. The van der Waals surface area contributed by atoms with Crippen molar-refractivity contribution in [2.24, 2.45) is 0 Å². The highest BCUT2D eigenvalue weighted by Gasteiger charge is 2.09. The van der Waals surface area contributed by atoms with Crippen molar-refractivity contribution < 1.29 is 13.0 Å². The molecular weight excluding hydrogens is 308 g/mol. The monoisotopic (exact) mass is 326 g/mol. The van der Waals surface area contributed by atoms with E-state index in [0.717, 1.165) is 21.9 Å². The highest BCUT2D eigenvalue weighted by Crippen LogP contribution is 2.31. The molecule has 0 spiro atoms. The molecule has 0 fully saturated rings. The molecule has 3 nitrogen and oxygen atoms in total. The van der Waals surface area contributed by atoms with Gasteiger partial charge in [0.05, 0.1) is 5.75 Å². The topological polar surface area (TPSA) is 54.4 Å². The Kier molecular flexibility index (Phi) is 4.46. The molecule has 4 heteroatoms. The number of benzene rings is 3. The van der Waals surface area contributed by atoms with Gasteiger partial charge in [0.15, 0.2) is 0 Å². The molecule has 0 unspecified atom stereocenters. The van der Waals surface area contributed by atoms with Gasteiger partial charge < -0.3 is 0 Å². The molecule has 3 rings (SSSR count). The van der Waals surface area contributed by atoms with Crippen LogP contribution in [0.2, 0.25) is 0 Å². The average Bonchev–Trinajstić information content (AvgIpc) is 2.55. The van der Waals surface area contributed by atoms with Crippen LogP contribution in [0.15, 0.2) is 66.7 Å². The predicted molar refractivity (Wildman–Crippen MR) is 94.1 cm³/mol. The van der Waals surface area contributed by atoms with E-state index in [2.05, 4.69) is 36.4 Å². The molecule has 3 aromatic rings. The minimum atomic E-state index is -3.90. The van der Waals surface area contributed by atoms with Crippen LogP contribution in [0.25, 0.3) is 21.9 Å². The minimum absolute atomic E-state index is 0.207. The smallest absolute Gasteiger partial charge is 0.264 e. The first kappa shape index (κ1) is 15.7. The molecule has 0 aliphatic heterocycles. The predicted octanol–water partition coefficient (Wildman–Crippen LogP) is 4.33. The zero-order valence-electron chi connectivity index (χ0n) is 12.6. The highest BCUT2D eigenvalue weighted by atomic mass is 32.2. The standard InChI is InChI=1S/C19H18O3S/c20-23(21,22)14-6-9-16-12-13-18(15-7-2-1-3-8-15)19-11-5-4-10-17(16)19/h1-5,7-8,10-13H,6,9,14H2,(H,20,21,22). The number of hydrogen-bond acceptors (Lipinski definition) is 2. The van der Waals surface area contributed by atoms with Crippen molar-refractivity contribution in [2.45, 2.75) is 12.8 Å². The van der Waals surface area contributed by atoms with Crippen molar-refractivity contribution in [3.63, 3.8) is 0 Å². The fourth-order valence-corrected chi connectivity index (χ4v) is 3.40. The molecule has 0 amide bonds. The van der Waals surface area contributed by atoms with Gasteiger partial charge >= 0.3 is 0 Å². The minimum Gasteiger partial charge on any atom is -0.286 e. The molecule has 23 heavy (non-hydrogen) atoms. The molecule has 1 N–H and O–H groups in total. The lowest BCUT2D eigenvalue weighted by atomic mass is 9.93. The van der Waals surface area contributed by atoms with Crippen LogP contribution in [0.4, 0.5) is 0 Å². The molecular formula is C19H18O3S. The third-order valence-corrected chi connectivity index (χ3v) is 4.75. The van der Waals surface area contributed by atoms with Crippen molar-refractivity contribution in [3.05, 3.63) is 72.3 Å². The number of aryl methyl sites for hydroxylation is 1. The summed E-state index contributed by atoms with van der Waals surface area (Å²) >= 11 is 0. The fourth-order valence-electron chi connectivity index (χ4n) is 2.89. The molecule has 0 saturated heterocycles. The number of fused-ring (bicyclic) bond motifs is 1. The Balaban J connectivity index is 1.99. The third kappa shape index (κ3) is 3.78. The Morgan fingerprint density at radius 1 is 0.783 bits per heavy atom. The van der Waals surface area contributed by atoms with E-state index < -0.39 is 10.1 Å². The van der Waals surface area contributed by atoms with E-state index >= 15 is 0 Å². The summed E-state index contributed by atoms with van der Waals surface area (Å²) in [5.41, 5.74) is 3.43. The maximum Gasteiger partial charge on any atom is 0.264 e. The Labute approximate surface area is 136 Å². The Hall–Kier alpha value is -2.17. The van der Waals surface area contributed by atoms with E-state index in [1.54, 1.807) is 0 Å². The van der Waals surface area contributed by atoms with Gasteiger partial charge in [-0.05, 0) is 40.3 Å². The van der Waals surface area contributed by atoms with Crippen molar-refractivity contribution in [1.82, 2.24) is 0 Å². The lowest BCUT2D eigenvalue weighted by Crippen LogP contribution is -2.05. The van der Waals surface area contributed by atoms with E-state index in [-0.39, 0.29) is 5.75 Å². The van der Waals surface area contributed by atoms with Crippen molar-refractivity contribution >= 4 is 20.9 Å². The van der Waals surface area contributed by atoms with Crippen molar-refractivity contribution in [3.8, 4) is 11.1 Å². The van der Waals surface area contributed by atoms with Crippen LogP contribution >= 0.6 is 0 Å². The summed E-state index contributed by atoms with van der Waals surface area (Å²) in [5.74, 6) is -0.207. The van der Waals surface area contributed by atoms with Crippen LogP contribution in [0.1, 0.15) is 12.0 Å². The molecule has 0 atom stereocenters. The average molecular weight is 326 g/mol. The summed E-state index contributed by atoms with van der Waals surface area (Å²) in [6.07, 6.45) is 1.03. The maximum absolute atomic E-state index is 10.9. The van der Waals surface area contributed by atoms with Gasteiger partial charge in [0.25, 0.3) is 10.1 Å². The Morgan fingerprint density at radius 2 is 1.43 bits per heavy atom. The van der Waals surface area contributed by atoms with Crippen LogP contribution in [-0.4, -0.2) is 18.7 Å². The van der Waals surface area contributed by atoms with Crippen LogP contribution in [0.3, 0.4) is 0 Å². The first-order valence-electron chi connectivity index (χ1n) is 7.56. The molecule has 118 valence electrons. The number of hydrogen-bond donors (Lipinski definition) is 1. The van der Waals surface area contributed by atoms with Gasteiger partial charge in [-0.15, -0.1) is 0 Å². The zero-order chi connectivity index (χ0) is 16.3. The zero-order valence-corrected chi connectivity index (χ0v) is 13.5. The Morgan fingerprint density at radius 3 is 2.13 bits per heavy atom. The SMILES string of the molecule is O=S(=O)(O)CCCc1ccc(-c2ccccc2)c2ccccc12. The summed E-state index contributed by atoms with van der Waals surface area (Å²) in [6.45, 7) is 0. The molecule has 0 radical (unpaired) electrons. The van der Waals surface area contributed by atoms with Crippen LogP contribution in [-0.2, 0) is 16.5 Å². The highest BCUT2D eigenvalue weighted by molar-refractivity contribution is 7.85. The van der Waals surface area contributed by atoms with Gasteiger partial charge in [0.2, 0.25) is 0 Å². The molecule has 3 aromatic carbocycles. The molecule has 0 aliphatic carbocycles. The first-order chi connectivity index (χ1) is 11.0. The summed E-state index contributed by atoms with van der Waals surface area (Å²) in [6, 6.07) is 22.5. The summed E-state index contributed by atoms with van der Waals surface area (Å²) in [5, 5.41) is 2.28. The van der Waals surface area contributed by atoms with Crippen molar-refractivity contribution in [1.29, 1.82) is 0 Å². The second kappa shape index (κ2) is 6.52. The van der Waals surface area contributed by atoms with E-state index in [0.29, 0.717) is 12.8 Å². The Bertz CT molecular complexity index is 916. The number of rotatable bonds is 5. The molecule has 0 bridgehead atoms. The fraction of sp³-hybridized carbons (Fsp3) is 0.158. The van der Waals surface area contributed by atoms with Gasteiger partial charge in [0, 0.05) is 0 Å². The molecule has 0 saturated carbocycles. The largest absolute Gasteiger partial charge is 0.286 e. The van der Waals surface area contributed by atoms with Gasteiger partial charge in [0.1, 0.15) is 0 Å². The molecule has 0 aromatic heterocycles. The normalized spacial score (nSPS) is 11.7. The van der Waals surface area contributed by atoms with Gasteiger partial charge in [-0.25, -0.2) is 0 Å². The van der Waals surface area contributed by atoms with E-state index in [1.807, 2.05) is 30.3 Å². The van der Waals surface area contributed by atoms with Crippen LogP contribution in [0.5, 0.6) is 0 Å². The second-order valence-electron chi connectivity index (χ2n) is 5.57. The van der Waals surface area contributed by atoms with Crippen molar-refractivity contribution in [2.75, 3.05) is 5.75 Å². The molecule has 0 heterocycles. The van der Waals surface area contributed by atoms with E-state index in [9.17, 15) is 8.42 Å². The quantitative estimate of drug-likeness (QED) is 0.710. The van der Waals surface area contributed by atoms with Gasteiger partial charge in [-0.1, -0.05) is 66.7 Å². The van der Waals surface area contributed by atoms with Crippen LogP contribution < -0.4 is 0 Å². The maximum atomic E-state index is 10.9. The first-order valence-corrected chi connectivity index (χ1v) is 9.17. The third-order valence-electron chi connectivity index (χ3n) is 3.95. The second-order valence-corrected chi connectivity index (χ2v) is 7.15. The summed E-state index contributed by atoms with van der Waals surface area (Å²) in [4.78, 5) is 0. The summed E-state index contributed by atoms with van der Waals surface area (Å²) in [7, 11) is -3.90. The summed E-state index contributed by atoms with van der Waals surface area (Å²) < 4.78 is 30.6. The van der Waals surface area contributed by atoms with E-state index in [1.165, 1.54) is 5.56 Å². The van der Waals surface area contributed by atoms with Gasteiger partial charge in [-0.3, -0.25) is 4.55 Å². The van der Waals surface area contributed by atoms with Crippen LogP contribution in [0, 0.1) is 0 Å². The molecule has 0 aliphatic rings. The van der Waals surface area contributed by atoms with E-state index in [4.69, 9.17) is 4.55 Å². The van der Waals surface area contributed by atoms with Gasteiger partial charge in [-0.2, -0.15) is 8.42 Å².